The van der Waals surface area contributed by atoms with Gasteiger partial charge in [-0.1, -0.05) is 157 Å². The second kappa shape index (κ2) is 42.8. The molecule has 0 fully saturated rings. The Kier molecular flexibility index (Phi) is 40.7. The third kappa shape index (κ3) is 42.6. The van der Waals surface area contributed by atoms with E-state index in [1.807, 2.05) is 0 Å². The molecule has 10 heteroatoms. The van der Waals surface area contributed by atoms with E-state index in [1.165, 1.54) is 25.7 Å². The average Bonchev–Trinajstić information content (AvgIpc) is 3.20. The van der Waals surface area contributed by atoms with Crippen LogP contribution in [0, 0.1) is 0 Å². The van der Waals surface area contributed by atoms with Gasteiger partial charge in [0.05, 0.1) is 13.2 Å². The van der Waals surface area contributed by atoms with Crippen molar-refractivity contribution in [3.8, 4) is 0 Å². The average molecular weight is 818 g/mol. The molecule has 0 aliphatic carbocycles. The van der Waals surface area contributed by atoms with Crippen LogP contribution in [0.2, 0.25) is 0 Å². The zero-order valence-electron chi connectivity index (χ0n) is 35.8. The molecule has 9 nitrogen and oxygen atoms in total. The molecule has 0 aliphatic heterocycles. The highest BCUT2D eigenvalue weighted by molar-refractivity contribution is 7.47. The van der Waals surface area contributed by atoms with Crippen molar-refractivity contribution in [2.75, 3.05) is 26.4 Å². The molecule has 326 valence electrons. The summed E-state index contributed by atoms with van der Waals surface area (Å²) in [7, 11) is -4.39. The minimum atomic E-state index is -4.39. The van der Waals surface area contributed by atoms with Gasteiger partial charge in [0.15, 0.2) is 6.10 Å². The Morgan fingerprint density at radius 2 is 0.912 bits per heavy atom. The molecule has 3 N–H and O–H groups in total. The van der Waals surface area contributed by atoms with Gasteiger partial charge in [-0.15, -0.1) is 0 Å². The van der Waals surface area contributed by atoms with Crippen LogP contribution >= 0.6 is 7.82 Å². The number of esters is 2. The van der Waals surface area contributed by atoms with Gasteiger partial charge in [0.25, 0.3) is 0 Å². The molecule has 2 unspecified atom stereocenters. The Bertz CT molecular complexity index is 1210. The van der Waals surface area contributed by atoms with E-state index in [0.717, 1.165) is 103 Å². The largest absolute Gasteiger partial charge is 0.472 e. The minimum absolute atomic E-state index is 0.0448. The van der Waals surface area contributed by atoms with Gasteiger partial charge in [0, 0.05) is 19.4 Å². The first-order valence-corrected chi connectivity index (χ1v) is 23.6. The Hall–Kier alpha value is -2.81. The first kappa shape index (κ1) is 54.2. The van der Waals surface area contributed by atoms with Gasteiger partial charge in [-0.2, -0.15) is 0 Å². The Balaban J connectivity index is 4.18. The zero-order chi connectivity index (χ0) is 41.8. The minimum Gasteiger partial charge on any atom is -0.462 e. The summed E-state index contributed by atoms with van der Waals surface area (Å²) in [5.74, 6) is -0.865. The molecule has 0 aromatic heterocycles. The zero-order valence-corrected chi connectivity index (χ0v) is 36.7. The predicted molar refractivity (Wildman–Crippen MR) is 238 cm³/mol. The number of nitrogens with two attached hydrogens (primary N) is 1. The molecule has 0 spiro atoms. The molecule has 0 heterocycles. The van der Waals surface area contributed by atoms with Crippen molar-refractivity contribution < 1.29 is 37.6 Å². The normalized spacial score (nSPS) is 14.1. The van der Waals surface area contributed by atoms with Gasteiger partial charge in [0.1, 0.15) is 6.61 Å². The van der Waals surface area contributed by atoms with E-state index in [2.05, 4.69) is 98.9 Å². The number of hydrogen-bond acceptors (Lipinski definition) is 8. The Morgan fingerprint density at radius 3 is 1.35 bits per heavy atom. The number of carbonyl (C=O) groups excluding carboxylic acids is 2. The molecule has 0 aromatic rings. The summed E-state index contributed by atoms with van der Waals surface area (Å²) >= 11 is 0. The molecule has 0 saturated heterocycles. The molecular weight excluding hydrogens is 737 g/mol. The highest BCUT2D eigenvalue weighted by Crippen LogP contribution is 2.43. The second-order valence-electron chi connectivity index (χ2n) is 14.1. The van der Waals surface area contributed by atoms with Crippen molar-refractivity contribution in [1.29, 1.82) is 0 Å². The number of ether oxygens (including phenoxy) is 2. The number of hydrogen-bond donors (Lipinski definition) is 2. The Morgan fingerprint density at radius 1 is 0.526 bits per heavy atom. The molecule has 0 saturated carbocycles. The van der Waals surface area contributed by atoms with Crippen LogP contribution < -0.4 is 5.73 Å². The topological polar surface area (TPSA) is 134 Å². The lowest BCUT2D eigenvalue weighted by Crippen LogP contribution is -2.29. The van der Waals surface area contributed by atoms with Crippen molar-refractivity contribution in [3.05, 3.63) is 85.1 Å². The fraction of sp³-hybridized carbons (Fsp3) is 0.660. The van der Waals surface area contributed by atoms with Gasteiger partial charge in [-0.3, -0.25) is 18.6 Å². The molecule has 57 heavy (non-hydrogen) atoms. The maximum Gasteiger partial charge on any atom is 0.472 e. The summed E-state index contributed by atoms with van der Waals surface area (Å²) in [4.78, 5) is 34.9. The SMILES string of the molecule is CC/C=C\C/C=C\C/C=C\C/C=C\CCCCCCCCCCC(=O)OC(COC(=O)CCCCCCC/C=C\C/C=C\C/C=C\CC)COP(=O)(O)OCCN. The van der Waals surface area contributed by atoms with E-state index < -0.39 is 32.5 Å². The van der Waals surface area contributed by atoms with Crippen molar-refractivity contribution in [1.82, 2.24) is 0 Å². The van der Waals surface area contributed by atoms with Crippen molar-refractivity contribution in [2.45, 2.75) is 174 Å². The molecular formula is C47H80NO8P. The number of rotatable bonds is 40. The number of carbonyl (C=O) groups is 2. The van der Waals surface area contributed by atoms with Gasteiger partial charge in [-0.05, 0) is 83.5 Å². The third-order valence-corrected chi connectivity index (χ3v) is 9.76. The lowest BCUT2D eigenvalue weighted by atomic mass is 10.1. The molecule has 0 radical (unpaired) electrons. The van der Waals surface area contributed by atoms with Gasteiger partial charge in [-0.25, -0.2) is 4.57 Å². The summed E-state index contributed by atoms with van der Waals surface area (Å²) in [5, 5.41) is 0. The van der Waals surface area contributed by atoms with Gasteiger partial charge < -0.3 is 20.1 Å². The van der Waals surface area contributed by atoms with Crippen LogP contribution in [0.4, 0.5) is 0 Å². The van der Waals surface area contributed by atoms with Crippen LogP contribution in [0.3, 0.4) is 0 Å². The van der Waals surface area contributed by atoms with Crippen LogP contribution in [-0.4, -0.2) is 49.3 Å². The summed E-state index contributed by atoms with van der Waals surface area (Å²) in [6, 6.07) is 0. The van der Waals surface area contributed by atoms with E-state index in [1.54, 1.807) is 0 Å². The smallest absolute Gasteiger partial charge is 0.462 e. The fourth-order valence-electron chi connectivity index (χ4n) is 5.58. The molecule has 0 aliphatic rings. The van der Waals surface area contributed by atoms with E-state index in [-0.39, 0.29) is 32.6 Å². The van der Waals surface area contributed by atoms with Crippen LogP contribution in [0.15, 0.2) is 85.1 Å². The van der Waals surface area contributed by atoms with Crippen LogP contribution in [-0.2, 0) is 32.7 Å². The number of phosphoric acid groups is 1. The molecule has 0 aromatic carbocycles. The fourth-order valence-corrected chi connectivity index (χ4v) is 6.35. The molecule has 0 amide bonds. The maximum absolute atomic E-state index is 12.6. The number of phosphoric ester groups is 1. The van der Waals surface area contributed by atoms with Gasteiger partial charge in [0.2, 0.25) is 0 Å². The lowest BCUT2D eigenvalue weighted by molar-refractivity contribution is -0.161. The first-order chi connectivity index (χ1) is 27.8. The van der Waals surface area contributed by atoms with Crippen LogP contribution in [0.5, 0.6) is 0 Å². The van der Waals surface area contributed by atoms with E-state index in [4.69, 9.17) is 24.3 Å². The van der Waals surface area contributed by atoms with E-state index in [0.29, 0.717) is 12.8 Å². The number of allylic oxidation sites excluding steroid dienone is 14. The number of unbranched alkanes of at least 4 members (excludes halogenated alkanes) is 13. The van der Waals surface area contributed by atoms with E-state index in [9.17, 15) is 19.0 Å². The monoisotopic (exact) mass is 818 g/mol. The van der Waals surface area contributed by atoms with Crippen molar-refractivity contribution >= 4 is 19.8 Å². The summed E-state index contributed by atoms with van der Waals surface area (Å²) < 4.78 is 32.8. The quantitative estimate of drug-likeness (QED) is 0.0268. The summed E-state index contributed by atoms with van der Waals surface area (Å²) in [6.45, 7) is 3.46. The van der Waals surface area contributed by atoms with Crippen LogP contribution in [0.1, 0.15) is 168 Å². The molecule has 2 atom stereocenters. The first-order valence-electron chi connectivity index (χ1n) is 22.1. The maximum atomic E-state index is 12.6. The highest BCUT2D eigenvalue weighted by Gasteiger charge is 2.26. The molecule has 0 bridgehead atoms. The van der Waals surface area contributed by atoms with E-state index >= 15 is 0 Å². The summed E-state index contributed by atoms with van der Waals surface area (Å²) in [5.41, 5.74) is 5.35. The predicted octanol–water partition coefficient (Wildman–Crippen LogP) is 12.8. The van der Waals surface area contributed by atoms with Gasteiger partial charge >= 0.3 is 19.8 Å². The van der Waals surface area contributed by atoms with Crippen molar-refractivity contribution in [2.24, 2.45) is 5.73 Å². The lowest BCUT2D eigenvalue weighted by Gasteiger charge is -2.19. The van der Waals surface area contributed by atoms with Crippen LogP contribution in [0.25, 0.3) is 0 Å². The Labute approximate surface area is 347 Å². The summed E-state index contributed by atoms with van der Waals surface area (Å²) in [6.07, 6.45) is 53.2. The highest BCUT2D eigenvalue weighted by atomic mass is 31.2. The second-order valence-corrected chi connectivity index (χ2v) is 15.6. The molecule has 0 rings (SSSR count). The third-order valence-electron chi connectivity index (χ3n) is 8.78. The standard InChI is InChI=1S/C47H80NO8P/c1-3-5-7-9-11-13-15-17-19-20-21-22-23-24-26-28-30-32-34-36-38-40-47(50)56-45(44-55-57(51,52)54-42-41-48)43-53-46(49)39-37-35-33-31-29-27-25-18-16-14-12-10-8-6-4-2/h5-8,11-14,17-19,21-22,25,45H,3-4,9-10,15-16,20,23-24,26-44,48H2,1-2H3,(H,51,52)/b7-5-,8-6-,13-11-,14-12-,19-17-,22-21-,25-18-. The van der Waals surface area contributed by atoms with Crippen molar-refractivity contribution in [3.63, 3.8) is 0 Å².